The first-order valence-corrected chi connectivity index (χ1v) is 9.19. The number of thiophene rings is 1. The van der Waals surface area contributed by atoms with Crippen molar-refractivity contribution in [1.29, 1.82) is 0 Å². The van der Waals surface area contributed by atoms with Crippen molar-refractivity contribution < 1.29 is 9.18 Å². The molecule has 1 unspecified atom stereocenters. The number of halogens is 1. The van der Waals surface area contributed by atoms with Crippen molar-refractivity contribution >= 4 is 17.1 Å². The molecular formula is C19H20FNOS. The van der Waals surface area contributed by atoms with Crippen molar-refractivity contribution in [2.45, 2.75) is 38.3 Å². The number of rotatable bonds is 4. The highest BCUT2D eigenvalue weighted by atomic mass is 32.1. The van der Waals surface area contributed by atoms with Gasteiger partial charge in [-0.2, -0.15) is 0 Å². The Hall–Kier alpha value is -1.52. The van der Waals surface area contributed by atoms with Crippen LogP contribution in [0.25, 0.3) is 0 Å². The molecule has 0 radical (unpaired) electrons. The van der Waals surface area contributed by atoms with E-state index in [-0.39, 0.29) is 17.5 Å². The van der Waals surface area contributed by atoms with Crippen molar-refractivity contribution in [3.63, 3.8) is 0 Å². The number of Topliss-reactive ketones (excluding diaryl/α,β-unsaturated/α-hetero) is 1. The fraction of sp³-hybridized carbons (Fsp3) is 0.421. The van der Waals surface area contributed by atoms with Gasteiger partial charge in [-0.1, -0.05) is 24.6 Å². The molecule has 1 saturated carbocycles. The van der Waals surface area contributed by atoms with Crippen LogP contribution in [0.3, 0.4) is 0 Å². The number of hydrogen-bond acceptors (Lipinski definition) is 3. The van der Waals surface area contributed by atoms with E-state index in [1.165, 1.54) is 16.5 Å². The quantitative estimate of drug-likeness (QED) is 0.831. The lowest BCUT2D eigenvalue weighted by Crippen LogP contribution is -2.41. The second-order valence-corrected chi connectivity index (χ2v) is 7.54. The van der Waals surface area contributed by atoms with Crippen LogP contribution in [0.2, 0.25) is 0 Å². The minimum absolute atomic E-state index is 0.114. The van der Waals surface area contributed by atoms with Gasteiger partial charge in [-0.05, 0) is 42.3 Å². The van der Waals surface area contributed by atoms with Crippen molar-refractivity contribution in [1.82, 2.24) is 4.90 Å². The molecule has 4 heteroatoms. The smallest absolute Gasteiger partial charge is 0.157 e. The zero-order valence-corrected chi connectivity index (χ0v) is 13.8. The van der Waals surface area contributed by atoms with Gasteiger partial charge in [0, 0.05) is 29.4 Å². The zero-order valence-electron chi connectivity index (χ0n) is 13.0. The van der Waals surface area contributed by atoms with E-state index in [1.807, 2.05) is 6.07 Å². The fourth-order valence-electron chi connectivity index (χ4n) is 3.63. The average Bonchev–Trinajstić information content (AvgIpc) is 2.95. The third-order valence-corrected chi connectivity index (χ3v) is 6.20. The predicted molar refractivity (Wildman–Crippen MR) is 89.9 cm³/mol. The summed E-state index contributed by atoms with van der Waals surface area (Å²) in [4.78, 5) is 16.6. The van der Waals surface area contributed by atoms with Crippen molar-refractivity contribution in [2.24, 2.45) is 5.92 Å². The van der Waals surface area contributed by atoms with E-state index < -0.39 is 6.04 Å². The van der Waals surface area contributed by atoms with Gasteiger partial charge in [0.25, 0.3) is 0 Å². The van der Waals surface area contributed by atoms with Crippen LogP contribution in [0.1, 0.15) is 41.3 Å². The van der Waals surface area contributed by atoms with Crippen LogP contribution in [0.5, 0.6) is 0 Å². The Morgan fingerprint density at radius 2 is 2.09 bits per heavy atom. The van der Waals surface area contributed by atoms with Crippen LogP contribution in [-0.4, -0.2) is 17.2 Å². The van der Waals surface area contributed by atoms with E-state index in [9.17, 15) is 9.18 Å². The molecule has 2 aliphatic rings. The van der Waals surface area contributed by atoms with Gasteiger partial charge in [0.05, 0.1) is 6.04 Å². The molecular weight excluding hydrogens is 309 g/mol. The van der Waals surface area contributed by atoms with E-state index in [1.54, 1.807) is 23.5 Å². The summed E-state index contributed by atoms with van der Waals surface area (Å²) in [6.45, 7) is 1.57. The summed E-state index contributed by atoms with van der Waals surface area (Å²) in [5.41, 5.74) is 1.84. The Labute approximate surface area is 139 Å². The highest BCUT2D eigenvalue weighted by molar-refractivity contribution is 7.10. The lowest BCUT2D eigenvalue weighted by Gasteiger charge is -2.37. The zero-order chi connectivity index (χ0) is 15.8. The molecule has 0 amide bonds. The van der Waals surface area contributed by atoms with E-state index in [2.05, 4.69) is 16.3 Å². The first kappa shape index (κ1) is 15.0. The molecule has 1 atom stereocenters. The van der Waals surface area contributed by atoms with Gasteiger partial charge < -0.3 is 0 Å². The molecule has 2 heterocycles. The maximum absolute atomic E-state index is 14.4. The first-order valence-electron chi connectivity index (χ1n) is 8.31. The molecule has 0 saturated heterocycles. The summed E-state index contributed by atoms with van der Waals surface area (Å²) in [5, 5.41) is 2.11. The minimum atomic E-state index is -0.436. The lowest BCUT2D eigenvalue weighted by molar-refractivity contribution is -0.131. The number of carbonyl (C=O) groups excluding carboxylic acids is 1. The molecule has 0 spiro atoms. The van der Waals surface area contributed by atoms with E-state index >= 15 is 0 Å². The molecule has 120 valence electrons. The predicted octanol–water partition coefficient (Wildman–Crippen LogP) is 4.36. The first-order chi connectivity index (χ1) is 11.2. The fourth-order valence-corrected chi connectivity index (χ4v) is 4.52. The summed E-state index contributed by atoms with van der Waals surface area (Å²) < 4.78 is 14.4. The van der Waals surface area contributed by atoms with Gasteiger partial charge in [-0.25, -0.2) is 4.39 Å². The molecule has 0 bridgehead atoms. The third kappa shape index (κ3) is 2.74. The van der Waals surface area contributed by atoms with Gasteiger partial charge in [-0.15, -0.1) is 11.3 Å². The summed E-state index contributed by atoms with van der Waals surface area (Å²) in [7, 11) is 0. The topological polar surface area (TPSA) is 20.3 Å². The second kappa shape index (κ2) is 6.17. The van der Waals surface area contributed by atoms with Crippen molar-refractivity contribution in [3.05, 3.63) is 57.5 Å². The van der Waals surface area contributed by atoms with Crippen LogP contribution >= 0.6 is 11.3 Å². The summed E-state index contributed by atoms with van der Waals surface area (Å²) in [5.74, 6) is 0.0600. The Balaban J connectivity index is 1.68. The third-order valence-electron chi connectivity index (χ3n) is 5.18. The van der Waals surface area contributed by atoms with Crippen LogP contribution in [0.4, 0.5) is 4.39 Å². The lowest BCUT2D eigenvalue weighted by atomic mass is 9.77. The number of nitrogens with zero attached hydrogens (tertiary/aromatic N) is 1. The maximum atomic E-state index is 14.4. The van der Waals surface area contributed by atoms with Crippen molar-refractivity contribution in [2.75, 3.05) is 6.54 Å². The summed E-state index contributed by atoms with van der Waals surface area (Å²) >= 11 is 1.78. The molecule has 1 aliphatic heterocycles. The van der Waals surface area contributed by atoms with Gasteiger partial charge in [0.2, 0.25) is 0 Å². The Kier molecular flexibility index (Phi) is 4.04. The number of ketones is 1. The number of hydrogen-bond donors (Lipinski definition) is 0. The Morgan fingerprint density at radius 3 is 2.83 bits per heavy atom. The standard InChI is InChI=1S/C19H20FNOS/c20-16-7-2-1-6-15(16)18(19(22)13-4-3-5-13)21-10-8-17-14(12-21)9-11-23-17/h1-2,6-7,9,11,13,18H,3-5,8,10,12H2. The highest BCUT2D eigenvalue weighted by Crippen LogP contribution is 2.38. The van der Waals surface area contributed by atoms with Crippen molar-refractivity contribution in [3.8, 4) is 0 Å². The second-order valence-electron chi connectivity index (χ2n) is 6.54. The van der Waals surface area contributed by atoms with Crippen LogP contribution in [-0.2, 0) is 17.8 Å². The monoisotopic (exact) mass is 329 g/mol. The molecule has 1 fully saturated rings. The summed E-state index contributed by atoms with van der Waals surface area (Å²) in [6.07, 6.45) is 3.99. The number of benzene rings is 1. The largest absolute Gasteiger partial charge is 0.297 e. The average molecular weight is 329 g/mol. The molecule has 2 nitrogen and oxygen atoms in total. The van der Waals surface area contributed by atoms with Gasteiger partial charge >= 0.3 is 0 Å². The molecule has 0 N–H and O–H groups in total. The normalized spacial score (nSPS) is 19.9. The molecule has 2 aromatic rings. The molecule has 1 aliphatic carbocycles. The SMILES string of the molecule is O=C(C1CCC1)C(c1ccccc1F)N1CCc2sccc2C1. The Bertz CT molecular complexity index is 722. The molecule has 4 rings (SSSR count). The van der Waals surface area contributed by atoms with Crippen LogP contribution in [0, 0.1) is 11.7 Å². The van der Waals surface area contributed by atoms with E-state index in [0.29, 0.717) is 5.56 Å². The number of fused-ring (bicyclic) bond motifs is 1. The highest BCUT2D eigenvalue weighted by Gasteiger charge is 2.37. The summed E-state index contributed by atoms with van der Waals surface area (Å²) in [6, 6.07) is 8.47. The molecule has 1 aromatic carbocycles. The maximum Gasteiger partial charge on any atom is 0.157 e. The molecule has 1 aromatic heterocycles. The van der Waals surface area contributed by atoms with E-state index in [0.717, 1.165) is 38.8 Å². The van der Waals surface area contributed by atoms with Crippen LogP contribution < -0.4 is 0 Å². The molecule has 23 heavy (non-hydrogen) atoms. The minimum Gasteiger partial charge on any atom is -0.297 e. The van der Waals surface area contributed by atoms with E-state index in [4.69, 9.17) is 0 Å². The number of carbonyl (C=O) groups is 1. The van der Waals surface area contributed by atoms with Gasteiger partial charge in [0.15, 0.2) is 5.78 Å². The van der Waals surface area contributed by atoms with Crippen LogP contribution in [0.15, 0.2) is 35.7 Å². The van der Waals surface area contributed by atoms with Gasteiger partial charge in [-0.3, -0.25) is 9.69 Å². The Morgan fingerprint density at radius 1 is 1.26 bits per heavy atom. The van der Waals surface area contributed by atoms with Gasteiger partial charge in [0.1, 0.15) is 5.82 Å².